The topological polar surface area (TPSA) is 69.3 Å². The van der Waals surface area contributed by atoms with Crippen LogP contribution in [0.4, 0.5) is 5.69 Å². The van der Waals surface area contributed by atoms with E-state index in [1.165, 1.54) is 0 Å². The van der Waals surface area contributed by atoms with Crippen LogP contribution in [0.1, 0.15) is 19.2 Å². The van der Waals surface area contributed by atoms with Crippen LogP contribution in [0.3, 0.4) is 0 Å². The van der Waals surface area contributed by atoms with Crippen LogP contribution in [0.5, 0.6) is 0 Å². The third-order valence-electron chi connectivity index (χ3n) is 5.23. The maximum absolute atomic E-state index is 12.9. The fourth-order valence-corrected chi connectivity index (χ4v) is 4.44. The number of fused-ring (bicyclic) bond motifs is 1. The lowest BCUT2D eigenvalue weighted by Crippen LogP contribution is -2.57. The molecule has 0 spiro atoms. The normalized spacial score (nSPS) is 17.2. The summed E-state index contributed by atoms with van der Waals surface area (Å²) in [7, 11) is 0. The predicted molar refractivity (Wildman–Crippen MR) is 116 cm³/mol. The molecule has 0 bridgehead atoms. The summed E-state index contributed by atoms with van der Waals surface area (Å²) in [5.74, 6) is 0.747. The van der Waals surface area contributed by atoms with E-state index in [9.17, 15) is 9.59 Å². The van der Waals surface area contributed by atoms with Crippen LogP contribution < -0.4 is 4.90 Å². The zero-order valence-corrected chi connectivity index (χ0v) is 17.4. The van der Waals surface area contributed by atoms with E-state index in [0.29, 0.717) is 19.4 Å². The number of aromatic amines is 1. The van der Waals surface area contributed by atoms with Gasteiger partial charge in [0.2, 0.25) is 11.8 Å². The number of amides is 2. The molecule has 1 atom stereocenters. The van der Waals surface area contributed by atoms with E-state index in [-0.39, 0.29) is 24.4 Å². The van der Waals surface area contributed by atoms with Crippen LogP contribution in [0.2, 0.25) is 0 Å². The molecule has 1 aliphatic heterocycles. The zero-order chi connectivity index (χ0) is 20.4. The van der Waals surface area contributed by atoms with Crippen molar-refractivity contribution < 1.29 is 9.59 Å². The molecule has 150 valence electrons. The summed E-state index contributed by atoms with van der Waals surface area (Å²) >= 11 is 1.62. The van der Waals surface area contributed by atoms with Gasteiger partial charge in [0.15, 0.2) is 0 Å². The summed E-state index contributed by atoms with van der Waals surface area (Å²) in [4.78, 5) is 38.0. The molecule has 1 N–H and O–H groups in total. The molecule has 29 heavy (non-hydrogen) atoms. The second-order valence-electron chi connectivity index (χ2n) is 7.26. The number of aryl methyl sites for hydroxylation is 1. The molecule has 1 saturated heterocycles. The van der Waals surface area contributed by atoms with Gasteiger partial charge in [-0.15, -0.1) is 11.8 Å². The molecular weight excluding hydrogens is 384 g/mol. The molecule has 4 rings (SSSR count). The van der Waals surface area contributed by atoms with Crippen molar-refractivity contribution in [3.8, 4) is 0 Å². The molecule has 1 fully saturated rings. The monoisotopic (exact) mass is 408 g/mol. The summed E-state index contributed by atoms with van der Waals surface area (Å²) in [6.45, 7) is 2.65. The lowest BCUT2D eigenvalue weighted by atomic mass is 10.1. The molecule has 2 amide bonds. The summed E-state index contributed by atoms with van der Waals surface area (Å²) in [6.07, 6.45) is 2.87. The second-order valence-corrected chi connectivity index (χ2v) is 8.11. The highest BCUT2D eigenvalue weighted by Gasteiger charge is 2.33. The number of para-hydroxylation sites is 3. The van der Waals surface area contributed by atoms with Crippen molar-refractivity contribution >= 4 is 40.3 Å². The van der Waals surface area contributed by atoms with Crippen molar-refractivity contribution in [1.82, 2.24) is 14.9 Å². The number of anilines is 1. The number of H-pyrrole nitrogens is 1. The first-order valence-corrected chi connectivity index (χ1v) is 11.0. The van der Waals surface area contributed by atoms with Gasteiger partial charge in [0.05, 0.1) is 22.8 Å². The number of imidazole rings is 1. The maximum atomic E-state index is 12.9. The minimum Gasteiger partial charge on any atom is -0.342 e. The van der Waals surface area contributed by atoms with Crippen molar-refractivity contribution in [2.75, 3.05) is 24.2 Å². The van der Waals surface area contributed by atoms with Gasteiger partial charge >= 0.3 is 0 Å². The number of hydrogen-bond donors (Lipinski definition) is 1. The number of thioether (sulfide) groups is 1. The fourth-order valence-electron chi connectivity index (χ4n) is 3.85. The van der Waals surface area contributed by atoms with Crippen LogP contribution in [0, 0.1) is 0 Å². The number of rotatable bonds is 5. The number of aromatic nitrogens is 2. The van der Waals surface area contributed by atoms with Gasteiger partial charge in [-0.1, -0.05) is 24.3 Å². The van der Waals surface area contributed by atoms with E-state index < -0.39 is 0 Å². The Bertz CT molecular complexity index is 1010. The molecule has 0 aliphatic carbocycles. The molecule has 3 aromatic rings. The molecule has 1 aromatic heterocycles. The standard InChI is InChI=1S/C22H24N4O2S/c1-15-13-25(14-22(28)26(15)18-9-5-6-10-19(18)29-2)21(27)12-11-20-23-16-7-3-4-8-17(16)24-20/h3-10,15H,11-14H2,1-2H3,(H,23,24). The van der Waals surface area contributed by atoms with Gasteiger partial charge in [-0.2, -0.15) is 0 Å². The number of nitrogens with one attached hydrogen (secondary N) is 1. The number of hydrogen-bond acceptors (Lipinski definition) is 4. The average molecular weight is 409 g/mol. The molecule has 6 nitrogen and oxygen atoms in total. The van der Waals surface area contributed by atoms with Crippen LogP contribution in [0.15, 0.2) is 53.4 Å². The number of carbonyl (C=O) groups is 2. The van der Waals surface area contributed by atoms with Gasteiger partial charge < -0.3 is 14.8 Å². The Balaban J connectivity index is 1.41. The van der Waals surface area contributed by atoms with Crippen molar-refractivity contribution in [2.24, 2.45) is 0 Å². The first-order valence-electron chi connectivity index (χ1n) is 9.73. The Morgan fingerprint density at radius 2 is 1.97 bits per heavy atom. The Morgan fingerprint density at radius 1 is 1.21 bits per heavy atom. The number of benzene rings is 2. The van der Waals surface area contributed by atoms with E-state index in [2.05, 4.69) is 9.97 Å². The van der Waals surface area contributed by atoms with Crippen LogP contribution >= 0.6 is 11.8 Å². The number of piperazine rings is 1. The van der Waals surface area contributed by atoms with E-state index in [4.69, 9.17) is 0 Å². The van der Waals surface area contributed by atoms with Crippen LogP contribution in [-0.2, 0) is 16.0 Å². The molecule has 2 heterocycles. The van der Waals surface area contributed by atoms with Crippen LogP contribution in [0.25, 0.3) is 11.0 Å². The van der Waals surface area contributed by atoms with Gasteiger partial charge in [-0.25, -0.2) is 4.98 Å². The highest BCUT2D eigenvalue weighted by molar-refractivity contribution is 7.98. The predicted octanol–water partition coefficient (Wildman–Crippen LogP) is 3.48. The summed E-state index contributed by atoms with van der Waals surface area (Å²) < 4.78 is 0. The minimum absolute atomic E-state index is 0.0107. The van der Waals surface area contributed by atoms with E-state index in [1.807, 2.05) is 66.6 Å². The molecule has 2 aromatic carbocycles. The summed E-state index contributed by atoms with van der Waals surface area (Å²) in [6, 6.07) is 15.7. The Morgan fingerprint density at radius 3 is 2.72 bits per heavy atom. The zero-order valence-electron chi connectivity index (χ0n) is 16.6. The SMILES string of the molecule is CSc1ccccc1N1C(=O)CN(C(=O)CCc2nc3ccccc3[nH]2)CC1C. The average Bonchev–Trinajstić information content (AvgIpc) is 3.15. The molecule has 0 saturated carbocycles. The second kappa shape index (κ2) is 8.29. The quantitative estimate of drug-likeness (QED) is 0.656. The molecule has 1 unspecified atom stereocenters. The van der Waals surface area contributed by atoms with E-state index >= 15 is 0 Å². The van der Waals surface area contributed by atoms with Crippen molar-refractivity contribution in [3.63, 3.8) is 0 Å². The largest absolute Gasteiger partial charge is 0.342 e. The Hall–Kier alpha value is -2.80. The first kappa shape index (κ1) is 19.5. The Labute approximate surface area is 174 Å². The maximum Gasteiger partial charge on any atom is 0.246 e. The van der Waals surface area contributed by atoms with Gasteiger partial charge in [0.25, 0.3) is 0 Å². The van der Waals surface area contributed by atoms with E-state index in [1.54, 1.807) is 16.7 Å². The minimum atomic E-state index is -0.0697. The van der Waals surface area contributed by atoms with Gasteiger partial charge in [-0.05, 0) is 37.4 Å². The third kappa shape index (κ3) is 4.00. The Kier molecular flexibility index (Phi) is 5.58. The van der Waals surface area contributed by atoms with Crippen molar-refractivity contribution in [2.45, 2.75) is 30.7 Å². The highest BCUT2D eigenvalue weighted by atomic mass is 32.2. The van der Waals surface area contributed by atoms with Gasteiger partial charge in [0.1, 0.15) is 12.4 Å². The first-order chi connectivity index (χ1) is 14.1. The lowest BCUT2D eigenvalue weighted by molar-refractivity contribution is -0.137. The molecular formula is C22H24N4O2S. The number of carbonyl (C=O) groups excluding carboxylic acids is 2. The smallest absolute Gasteiger partial charge is 0.246 e. The van der Waals surface area contributed by atoms with Crippen molar-refractivity contribution in [3.05, 3.63) is 54.4 Å². The van der Waals surface area contributed by atoms with Gasteiger partial charge in [0, 0.05) is 24.3 Å². The summed E-state index contributed by atoms with van der Waals surface area (Å²) in [5.41, 5.74) is 2.80. The van der Waals surface area contributed by atoms with Crippen molar-refractivity contribution in [1.29, 1.82) is 0 Å². The number of nitrogens with zero attached hydrogens (tertiary/aromatic N) is 3. The van der Waals surface area contributed by atoms with Gasteiger partial charge in [-0.3, -0.25) is 9.59 Å². The lowest BCUT2D eigenvalue weighted by Gasteiger charge is -2.40. The van der Waals surface area contributed by atoms with E-state index in [0.717, 1.165) is 27.4 Å². The molecule has 1 aliphatic rings. The third-order valence-corrected chi connectivity index (χ3v) is 6.02. The summed E-state index contributed by atoms with van der Waals surface area (Å²) in [5, 5.41) is 0. The highest BCUT2D eigenvalue weighted by Crippen LogP contribution is 2.31. The molecule has 7 heteroatoms. The van der Waals surface area contributed by atoms with Crippen LogP contribution in [-0.4, -0.2) is 52.1 Å². The fraction of sp³-hybridized carbons (Fsp3) is 0.318. The molecule has 0 radical (unpaired) electrons.